The van der Waals surface area contributed by atoms with E-state index in [0.717, 1.165) is 19.6 Å². The number of rotatable bonds is 7. The maximum Gasteiger partial charge on any atom is 0.131 e. The molecule has 0 unspecified atom stereocenters. The minimum atomic E-state index is -0.298. The summed E-state index contributed by atoms with van der Waals surface area (Å²) in [6, 6.07) is 4.82. The maximum absolute atomic E-state index is 13.4. The Morgan fingerprint density at radius 3 is 2.32 bits per heavy atom. The van der Waals surface area contributed by atoms with Gasteiger partial charge in [-0.2, -0.15) is 0 Å². The molecule has 3 nitrogen and oxygen atoms in total. The van der Waals surface area contributed by atoms with Crippen LogP contribution in [0.15, 0.2) is 18.2 Å². The minimum absolute atomic E-state index is 0.214. The van der Waals surface area contributed by atoms with E-state index in [1.54, 1.807) is 12.1 Å². The molecule has 0 heterocycles. The van der Waals surface area contributed by atoms with Crippen molar-refractivity contribution in [2.45, 2.75) is 34.2 Å². The van der Waals surface area contributed by atoms with Crippen LogP contribution in [-0.2, 0) is 6.54 Å². The zero-order chi connectivity index (χ0) is 14.7. The van der Waals surface area contributed by atoms with Gasteiger partial charge in [-0.3, -0.25) is 0 Å². The molecule has 110 valence electrons. The van der Waals surface area contributed by atoms with Gasteiger partial charge in [-0.25, -0.2) is 4.39 Å². The molecule has 0 fully saturated rings. The van der Waals surface area contributed by atoms with Gasteiger partial charge in [0.2, 0.25) is 0 Å². The number of likely N-dealkylation sites (N-methyl/N-ethyl adjacent to an activating group) is 1. The lowest BCUT2D eigenvalue weighted by atomic mass is 10.2. The number of benzene rings is 1. The van der Waals surface area contributed by atoms with Crippen molar-refractivity contribution >= 4 is 0 Å². The summed E-state index contributed by atoms with van der Waals surface area (Å²) in [6.07, 6.45) is 0. The van der Waals surface area contributed by atoms with Crippen molar-refractivity contribution in [2.75, 3.05) is 26.2 Å². The van der Waals surface area contributed by atoms with Gasteiger partial charge in [-0.05, 0) is 19.2 Å². The number of nitrogens with zero attached hydrogens (tertiary/aromatic N) is 1. The lowest BCUT2D eigenvalue weighted by Crippen LogP contribution is -2.27. The predicted molar refractivity (Wildman–Crippen MR) is 78.9 cm³/mol. The second-order valence-corrected chi connectivity index (χ2v) is 3.83. The largest absolute Gasteiger partial charge is 0.492 e. The Morgan fingerprint density at radius 2 is 1.84 bits per heavy atom. The zero-order valence-electron chi connectivity index (χ0n) is 12.6. The fourth-order valence-electron chi connectivity index (χ4n) is 1.62. The van der Waals surface area contributed by atoms with Gasteiger partial charge in [0.25, 0.3) is 0 Å². The molecular formula is C15H27FN2O. The fourth-order valence-corrected chi connectivity index (χ4v) is 1.62. The van der Waals surface area contributed by atoms with Crippen LogP contribution in [0.3, 0.4) is 0 Å². The van der Waals surface area contributed by atoms with E-state index < -0.39 is 0 Å². The topological polar surface area (TPSA) is 38.5 Å². The SMILES string of the molecule is CC.CCN(CC)CCOc1ccc(CN)c(F)c1. The van der Waals surface area contributed by atoms with Gasteiger partial charge in [0.05, 0.1) is 0 Å². The monoisotopic (exact) mass is 270 g/mol. The van der Waals surface area contributed by atoms with Crippen LogP contribution in [0.1, 0.15) is 33.3 Å². The summed E-state index contributed by atoms with van der Waals surface area (Å²) in [7, 11) is 0. The number of ether oxygens (including phenoxy) is 1. The van der Waals surface area contributed by atoms with Crippen LogP contribution < -0.4 is 10.5 Å². The molecule has 1 aromatic carbocycles. The Labute approximate surface area is 116 Å². The second kappa shape index (κ2) is 10.8. The first-order valence-corrected chi connectivity index (χ1v) is 7.04. The van der Waals surface area contributed by atoms with Crippen LogP contribution in [0.25, 0.3) is 0 Å². The Balaban J connectivity index is 0.00000154. The molecule has 0 saturated heterocycles. The van der Waals surface area contributed by atoms with Crippen molar-refractivity contribution in [1.82, 2.24) is 4.90 Å². The average Bonchev–Trinajstić information content (AvgIpc) is 2.46. The van der Waals surface area contributed by atoms with E-state index in [2.05, 4.69) is 18.7 Å². The van der Waals surface area contributed by atoms with Crippen molar-refractivity contribution in [3.63, 3.8) is 0 Å². The smallest absolute Gasteiger partial charge is 0.131 e. The number of hydrogen-bond acceptors (Lipinski definition) is 3. The Morgan fingerprint density at radius 1 is 1.21 bits per heavy atom. The van der Waals surface area contributed by atoms with Gasteiger partial charge >= 0.3 is 0 Å². The van der Waals surface area contributed by atoms with Crippen LogP contribution in [0.5, 0.6) is 5.75 Å². The van der Waals surface area contributed by atoms with Crippen LogP contribution in [0, 0.1) is 5.82 Å². The normalized spacial score (nSPS) is 10.1. The molecule has 2 N–H and O–H groups in total. The quantitative estimate of drug-likeness (QED) is 0.827. The van der Waals surface area contributed by atoms with E-state index in [1.807, 2.05) is 13.8 Å². The van der Waals surface area contributed by atoms with E-state index in [4.69, 9.17) is 10.5 Å². The molecule has 4 heteroatoms. The third kappa shape index (κ3) is 6.55. The molecule has 19 heavy (non-hydrogen) atoms. The summed E-state index contributed by atoms with van der Waals surface area (Å²) in [6.45, 7) is 11.9. The van der Waals surface area contributed by atoms with Crippen molar-refractivity contribution in [3.8, 4) is 5.75 Å². The third-order valence-electron chi connectivity index (χ3n) is 2.82. The summed E-state index contributed by atoms with van der Waals surface area (Å²) in [4.78, 5) is 2.25. The Hall–Kier alpha value is -1.13. The van der Waals surface area contributed by atoms with E-state index in [0.29, 0.717) is 17.9 Å². The number of halogens is 1. The predicted octanol–water partition coefficient (Wildman–Crippen LogP) is 3.03. The minimum Gasteiger partial charge on any atom is -0.492 e. The molecule has 0 saturated carbocycles. The summed E-state index contributed by atoms with van der Waals surface area (Å²) in [5, 5.41) is 0. The summed E-state index contributed by atoms with van der Waals surface area (Å²) in [5.74, 6) is 0.264. The van der Waals surface area contributed by atoms with Crippen molar-refractivity contribution in [2.24, 2.45) is 5.73 Å². The van der Waals surface area contributed by atoms with Crippen molar-refractivity contribution in [1.29, 1.82) is 0 Å². The molecule has 0 bridgehead atoms. The van der Waals surface area contributed by atoms with Gasteiger partial charge in [0.1, 0.15) is 18.2 Å². The van der Waals surface area contributed by atoms with Crippen LogP contribution >= 0.6 is 0 Å². The first kappa shape index (κ1) is 17.9. The highest BCUT2D eigenvalue weighted by Crippen LogP contribution is 2.16. The molecule has 0 atom stereocenters. The van der Waals surface area contributed by atoms with Crippen molar-refractivity contribution in [3.05, 3.63) is 29.6 Å². The highest BCUT2D eigenvalue weighted by Gasteiger charge is 2.03. The van der Waals surface area contributed by atoms with Crippen LogP contribution in [0.2, 0.25) is 0 Å². The molecule has 0 radical (unpaired) electrons. The molecule has 1 rings (SSSR count). The molecule has 0 aliphatic rings. The Bertz CT molecular complexity index is 341. The third-order valence-corrected chi connectivity index (χ3v) is 2.82. The van der Waals surface area contributed by atoms with Gasteiger partial charge in [0.15, 0.2) is 0 Å². The van der Waals surface area contributed by atoms with E-state index >= 15 is 0 Å². The first-order valence-electron chi connectivity index (χ1n) is 7.04. The van der Waals surface area contributed by atoms with E-state index in [1.165, 1.54) is 6.07 Å². The average molecular weight is 270 g/mol. The lowest BCUT2D eigenvalue weighted by Gasteiger charge is -2.18. The molecule has 0 aromatic heterocycles. The van der Waals surface area contributed by atoms with Crippen LogP contribution in [0.4, 0.5) is 4.39 Å². The number of hydrogen-bond donors (Lipinski definition) is 1. The van der Waals surface area contributed by atoms with Gasteiger partial charge in [0, 0.05) is 24.7 Å². The second-order valence-electron chi connectivity index (χ2n) is 3.83. The summed E-state index contributed by atoms with van der Waals surface area (Å²) < 4.78 is 18.9. The highest BCUT2D eigenvalue weighted by molar-refractivity contribution is 5.28. The molecule has 0 spiro atoms. The van der Waals surface area contributed by atoms with Gasteiger partial charge < -0.3 is 15.4 Å². The first-order chi connectivity index (χ1) is 9.21. The molecule has 0 amide bonds. The van der Waals surface area contributed by atoms with E-state index in [-0.39, 0.29) is 12.4 Å². The summed E-state index contributed by atoms with van der Waals surface area (Å²) in [5.41, 5.74) is 5.90. The molecular weight excluding hydrogens is 243 g/mol. The fraction of sp³-hybridized carbons (Fsp3) is 0.600. The standard InChI is InChI=1S/C13H21FN2O.C2H6/c1-3-16(4-2)7-8-17-12-6-5-11(10-15)13(14)9-12;1-2/h5-6,9H,3-4,7-8,10,15H2,1-2H3;1-2H3. The van der Waals surface area contributed by atoms with Gasteiger partial charge in [-0.1, -0.05) is 33.8 Å². The molecule has 1 aromatic rings. The van der Waals surface area contributed by atoms with E-state index in [9.17, 15) is 4.39 Å². The van der Waals surface area contributed by atoms with Gasteiger partial charge in [-0.15, -0.1) is 0 Å². The van der Waals surface area contributed by atoms with Crippen LogP contribution in [-0.4, -0.2) is 31.1 Å². The molecule has 0 aliphatic carbocycles. The summed E-state index contributed by atoms with van der Waals surface area (Å²) >= 11 is 0. The Kier molecular flexibility index (Phi) is 10.1. The lowest BCUT2D eigenvalue weighted by molar-refractivity contribution is 0.222. The van der Waals surface area contributed by atoms with Crippen molar-refractivity contribution < 1.29 is 9.13 Å². The number of nitrogens with two attached hydrogens (primary N) is 1. The zero-order valence-corrected chi connectivity index (χ0v) is 12.6. The molecule has 0 aliphatic heterocycles. The maximum atomic E-state index is 13.4. The highest BCUT2D eigenvalue weighted by atomic mass is 19.1.